The second-order valence-corrected chi connectivity index (χ2v) is 11.3. The van der Waals surface area contributed by atoms with Gasteiger partial charge in [0, 0.05) is 0 Å². The van der Waals surface area contributed by atoms with E-state index in [-0.39, 0.29) is 40.3 Å². The van der Waals surface area contributed by atoms with Gasteiger partial charge in [-0.2, -0.15) is 0 Å². The third-order valence-corrected chi connectivity index (χ3v) is 10.1. The number of hydrogen-bond donors (Lipinski definition) is 0. The molecule has 0 unspecified atom stereocenters. The van der Waals surface area contributed by atoms with Gasteiger partial charge in [0.1, 0.15) is 0 Å². The minimum atomic E-state index is -0.215. The first-order valence-corrected chi connectivity index (χ1v) is 12.7. The molecule has 32 heavy (non-hydrogen) atoms. The zero-order valence-corrected chi connectivity index (χ0v) is 19.4. The fourth-order valence-corrected chi connectivity index (χ4v) is 8.43. The predicted molar refractivity (Wildman–Crippen MR) is 124 cm³/mol. The first kappa shape index (κ1) is 18.7. The maximum absolute atomic E-state index is 9.28. The van der Waals surface area contributed by atoms with E-state index in [0.29, 0.717) is 8.45 Å². The summed E-state index contributed by atoms with van der Waals surface area (Å²) in [6.45, 7) is 7.27. The summed E-state index contributed by atoms with van der Waals surface area (Å²) < 4.78 is 3.35. The van der Waals surface area contributed by atoms with Gasteiger partial charge >= 0.3 is 192 Å². The van der Waals surface area contributed by atoms with Gasteiger partial charge in [0.15, 0.2) is 0 Å². The number of nitrogens with zero attached hydrogens (tertiary/aromatic N) is 6. The Kier molecular flexibility index (Phi) is 3.95. The van der Waals surface area contributed by atoms with Crippen molar-refractivity contribution in [1.29, 1.82) is 15.8 Å². The summed E-state index contributed by atoms with van der Waals surface area (Å²) in [4.78, 5) is 12.6. The van der Waals surface area contributed by atoms with Crippen LogP contribution in [0.2, 0.25) is 0 Å². The summed E-state index contributed by atoms with van der Waals surface area (Å²) in [6.07, 6.45) is 0. The molecule has 0 bridgehead atoms. The zero-order chi connectivity index (χ0) is 22.0. The molecule has 144 valence electrons. The van der Waals surface area contributed by atoms with Crippen molar-refractivity contribution in [2.75, 3.05) is 0 Å². The Bertz CT molecular complexity index is 1900. The van der Waals surface area contributed by atoms with E-state index in [4.69, 9.17) is 6.57 Å². The van der Waals surface area contributed by atoms with E-state index in [1.807, 2.05) is 30.3 Å². The normalized spacial score (nSPS) is 12.1. The van der Waals surface area contributed by atoms with Crippen molar-refractivity contribution in [2.24, 2.45) is 0 Å². The van der Waals surface area contributed by atoms with E-state index in [1.54, 1.807) is 0 Å². The molecule has 0 N–H and O–H groups in total. The Balaban J connectivity index is 1.84. The average Bonchev–Trinajstić information content (AvgIpc) is 3.42. The van der Waals surface area contributed by atoms with E-state index in [1.165, 1.54) is 0 Å². The first-order valence-electron chi connectivity index (χ1n) is 9.31. The van der Waals surface area contributed by atoms with E-state index < -0.39 is 0 Å². The molecule has 0 aliphatic heterocycles. The summed E-state index contributed by atoms with van der Waals surface area (Å²) in [6, 6.07) is 18.3. The molecule has 0 spiro atoms. The molecule has 2 heterocycles. The fraction of sp³-hybridized carbons (Fsp3) is 0. The van der Waals surface area contributed by atoms with E-state index in [2.05, 4.69) is 39.1 Å². The van der Waals surface area contributed by atoms with Gasteiger partial charge in [-0.15, -0.1) is 0 Å². The monoisotopic (exact) mass is 538 g/mol. The van der Waals surface area contributed by atoms with Gasteiger partial charge in [-0.05, 0) is 0 Å². The van der Waals surface area contributed by atoms with Gasteiger partial charge < -0.3 is 0 Å². The van der Waals surface area contributed by atoms with Crippen LogP contribution in [0.15, 0.2) is 36.4 Å². The topological polar surface area (TPSA) is 102 Å². The Labute approximate surface area is 191 Å². The molecule has 6 nitrogen and oxygen atoms in total. The standard InChI is InChI=1S/C24H6N6Se2/c1-28-18(10-27)24-30-17-7-12-2-4-14-19-11(3-5-15(20(12)19)22(17)32-24)6-16-21(14)31-23(29-16)13(8-25)9-26/h2-7H/b24-18+. The van der Waals surface area contributed by atoms with E-state index in [0.717, 1.165) is 51.9 Å². The van der Waals surface area contributed by atoms with Crippen molar-refractivity contribution in [3.8, 4) is 18.2 Å². The van der Waals surface area contributed by atoms with Gasteiger partial charge in [-0.1, -0.05) is 0 Å². The molecule has 4 aromatic carbocycles. The van der Waals surface area contributed by atoms with Crippen molar-refractivity contribution in [3.05, 3.63) is 56.3 Å². The zero-order valence-electron chi connectivity index (χ0n) is 16.0. The molecule has 0 saturated carbocycles. The third-order valence-electron chi connectivity index (χ3n) is 5.46. The fourth-order valence-electron chi connectivity index (χ4n) is 4.16. The first-order chi connectivity index (χ1) is 15.7. The SMILES string of the molecule is [C-]#[N+]/C(C#N)=c1\nc2cc3ccc4c5[se]c(=C(C#N)C#N)nc5cc5ccc(c2[se]1)c3c54. The molecular weight excluding hydrogens is 530 g/mol. The molecule has 0 radical (unpaired) electrons. The quantitative estimate of drug-likeness (QED) is 0.169. The summed E-state index contributed by atoms with van der Waals surface area (Å²) in [5, 5.41) is 34.4. The molecule has 0 atom stereocenters. The van der Waals surface area contributed by atoms with Crippen molar-refractivity contribution < 1.29 is 0 Å². The number of benzene rings is 4. The Morgan fingerprint density at radius 2 is 1.31 bits per heavy atom. The number of rotatable bonds is 0. The van der Waals surface area contributed by atoms with Crippen LogP contribution in [0.1, 0.15) is 0 Å². The molecule has 6 aromatic rings. The number of nitriles is 3. The number of fused-ring (bicyclic) bond motifs is 4. The van der Waals surface area contributed by atoms with Crippen LogP contribution in [0, 0.1) is 40.6 Å². The molecule has 0 aliphatic carbocycles. The van der Waals surface area contributed by atoms with Crippen LogP contribution < -0.4 is 8.45 Å². The number of hydrogen-bond acceptors (Lipinski definition) is 5. The van der Waals surface area contributed by atoms with Crippen LogP contribution in [-0.2, 0) is 0 Å². The summed E-state index contributed by atoms with van der Waals surface area (Å²) >= 11 is -0.425. The van der Waals surface area contributed by atoms with Gasteiger partial charge in [0.05, 0.1) is 0 Å². The molecule has 8 heteroatoms. The Hall–Kier alpha value is -4.00. The molecular formula is C24H6N6Se2. The predicted octanol–water partition coefficient (Wildman–Crippen LogP) is 2.54. The maximum atomic E-state index is 9.28. The molecule has 0 aliphatic rings. The minimum absolute atomic E-state index is 0.0648. The summed E-state index contributed by atoms with van der Waals surface area (Å²) in [5.41, 5.74) is 1.82. The summed E-state index contributed by atoms with van der Waals surface area (Å²) in [7, 11) is 0. The van der Waals surface area contributed by atoms with Crippen LogP contribution in [0.5, 0.6) is 0 Å². The van der Waals surface area contributed by atoms with Crippen molar-refractivity contribution in [1.82, 2.24) is 9.97 Å². The second-order valence-electron chi connectivity index (χ2n) is 7.08. The molecule has 0 fully saturated rings. The van der Waals surface area contributed by atoms with Crippen LogP contribution in [-0.4, -0.2) is 39.0 Å². The third kappa shape index (κ3) is 2.42. The molecule has 0 saturated heterocycles. The van der Waals surface area contributed by atoms with Gasteiger partial charge in [-0.3, -0.25) is 0 Å². The molecule has 6 rings (SSSR count). The van der Waals surface area contributed by atoms with Gasteiger partial charge in [0.2, 0.25) is 0 Å². The van der Waals surface area contributed by atoms with Crippen molar-refractivity contribution in [3.63, 3.8) is 0 Å². The second kappa shape index (κ2) is 6.75. The van der Waals surface area contributed by atoms with E-state index in [9.17, 15) is 15.8 Å². The van der Waals surface area contributed by atoms with Crippen molar-refractivity contribution >= 4 is 92.1 Å². The average molecular weight is 536 g/mol. The molecule has 2 aromatic heterocycles. The van der Waals surface area contributed by atoms with Crippen LogP contribution in [0.4, 0.5) is 0 Å². The van der Waals surface area contributed by atoms with Crippen LogP contribution in [0.3, 0.4) is 0 Å². The van der Waals surface area contributed by atoms with Crippen LogP contribution in [0.25, 0.3) is 68.0 Å². The van der Waals surface area contributed by atoms with Crippen LogP contribution >= 0.6 is 0 Å². The Morgan fingerprint density at radius 1 is 0.781 bits per heavy atom. The van der Waals surface area contributed by atoms with E-state index >= 15 is 0 Å². The summed E-state index contributed by atoms with van der Waals surface area (Å²) in [5.74, 6) is 0. The Morgan fingerprint density at radius 3 is 1.81 bits per heavy atom. The van der Waals surface area contributed by atoms with Crippen molar-refractivity contribution in [2.45, 2.75) is 0 Å². The van der Waals surface area contributed by atoms with Gasteiger partial charge in [-0.25, -0.2) is 0 Å². The molecule has 0 amide bonds. The van der Waals surface area contributed by atoms with Gasteiger partial charge in [0.25, 0.3) is 0 Å². The number of aromatic nitrogens is 2.